The van der Waals surface area contributed by atoms with Gasteiger partial charge in [-0.3, -0.25) is 4.79 Å². The minimum Gasteiger partial charge on any atom is -0.394 e. The van der Waals surface area contributed by atoms with E-state index in [0.717, 1.165) is 19.4 Å². The molecule has 0 heterocycles. The molecule has 1 amide bonds. The number of amides is 1. The number of thioether (sulfide) groups is 1. The Hall–Kier alpha value is -0.300. The number of nitrogens with one attached hydrogen (secondary N) is 1. The lowest BCUT2D eigenvalue weighted by Crippen LogP contribution is -2.53. The maximum atomic E-state index is 11.5. The molecule has 1 saturated carbocycles. The van der Waals surface area contributed by atoms with Gasteiger partial charge in [-0.15, -0.1) is 0 Å². The quantitative estimate of drug-likeness (QED) is 0.494. The average molecular weight is 262 g/mol. The number of likely N-dealkylation sites (N-methyl/N-ethyl adjacent to an activating group) is 1. The Labute approximate surface area is 106 Å². The predicted molar refractivity (Wildman–Crippen MR) is 68.8 cm³/mol. The summed E-state index contributed by atoms with van der Waals surface area (Å²) < 4.78 is 0. The highest BCUT2D eigenvalue weighted by atomic mass is 32.2. The molecule has 1 fully saturated rings. The van der Waals surface area contributed by atoms with Gasteiger partial charge in [-0.25, -0.2) is 0 Å². The first-order valence-electron chi connectivity index (χ1n) is 5.99. The van der Waals surface area contributed by atoms with Gasteiger partial charge in [0.1, 0.15) is 0 Å². The fourth-order valence-corrected chi connectivity index (χ4v) is 3.54. The smallest absolute Gasteiger partial charge is 0.237 e. The van der Waals surface area contributed by atoms with Crippen molar-refractivity contribution < 1.29 is 15.0 Å². The number of hydrogen-bond donors (Lipinski definition) is 4. The van der Waals surface area contributed by atoms with Crippen LogP contribution in [-0.2, 0) is 4.79 Å². The van der Waals surface area contributed by atoms with Crippen molar-refractivity contribution in [2.45, 2.75) is 43.1 Å². The molecule has 6 heteroatoms. The summed E-state index contributed by atoms with van der Waals surface area (Å²) in [6.07, 6.45) is 1.70. The Morgan fingerprint density at radius 1 is 1.71 bits per heavy atom. The molecular weight excluding hydrogens is 240 g/mol. The molecule has 3 unspecified atom stereocenters. The van der Waals surface area contributed by atoms with E-state index in [-0.39, 0.29) is 12.5 Å². The summed E-state index contributed by atoms with van der Waals surface area (Å²) >= 11 is 1.60. The second-order valence-corrected chi connectivity index (χ2v) is 5.84. The summed E-state index contributed by atoms with van der Waals surface area (Å²) in [5.74, 6) is 0.215. The molecule has 0 aliphatic heterocycles. The van der Waals surface area contributed by atoms with Crippen LogP contribution in [0.15, 0.2) is 0 Å². The van der Waals surface area contributed by atoms with Crippen molar-refractivity contribution in [1.82, 2.24) is 5.32 Å². The highest BCUT2D eigenvalue weighted by Crippen LogP contribution is 2.37. The van der Waals surface area contributed by atoms with Crippen LogP contribution in [-0.4, -0.2) is 51.9 Å². The molecule has 0 aromatic heterocycles. The maximum Gasteiger partial charge on any atom is 0.237 e. The molecular formula is C11H22N2O3S. The van der Waals surface area contributed by atoms with Crippen molar-refractivity contribution in [1.29, 1.82) is 0 Å². The van der Waals surface area contributed by atoms with Crippen LogP contribution in [0, 0.1) is 0 Å². The average Bonchev–Trinajstić information content (AvgIpc) is 2.71. The lowest BCUT2D eigenvalue weighted by Gasteiger charge is -2.26. The number of aliphatic hydroxyl groups is 2. The van der Waals surface area contributed by atoms with Crippen molar-refractivity contribution in [2.75, 3.05) is 18.9 Å². The van der Waals surface area contributed by atoms with E-state index >= 15 is 0 Å². The van der Waals surface area contributed by atoms with Gasteiger partial charge < -0.3 is 21.3 Å². The fraction of sp³-hybridized carbons (Fsp3) is 0.909. The van der Waals surface area contributed by atoms with Crippen LogP contribution in [0.2, 0.25) is 0 Å². The van der Waals surface area contributed by atoms with Crippen molar-refractivity contribution in [3.63, 3.8) is 0 Å². The van der Waals surface area contributed by atoms with Gasteiger partial charge in [0.2, 0.25) is 5.91 Å². The van der Waals surface area contributed by atoms with Gasteiger partial charge in [0.05, 0.1) is 18.2 Å². The fourth-order valence-electron chi connectivity index (χ4n) is 2.25. The van der Waals surface area contributed by atoms with Crippen molar-refractivity contribution in [3.8, 4) is 0 Å². The summed E-state index contributed by atoms with van der Waals surface area (Å²) in [7, 11) is 0. The molecule has 3 atom stereocenters. The molecule has 5 nitrogen and oxygen atoms in total. The summed E-state index contributed by atoms with van der Waals surface area (Å²) in [5.41, 5.74) is 4.89. The molecule has 1 rings (SSSR count). The minimum absolute atomic E-state index is 0.214. The Morgan fingerprint density at radius 2 is 2.41 bits per heavy atom. The van der Waals surface area contributed by atoms with E-state index in [1.165, 1.54) is 0 Å². The van der Waals surface area contributed by atoms with Crippen LogP contribution in [0.1, 0.15) is 26.2 Å². The lowest BCUT2D eigenvalue weighted by molar-refractivity contribution is -0.124. The molecule has 17 heavy (non-hydrogen) atoms. The van der Waals surface area contributed by atoms with Gasteiger partial charge in [-0.05, 0) is 25.8 Å². The van der Waals surface area contributed by atoms with Gasteiger partial charge in [0.25, 0.3) is 0 Å². The van der Waals surface area contributed by atoms with E-state index in [4.69, 9.17) is 10.8 Å². The van der Waals surface area contributed by atoms with Gasteiger partial charge in [0, 0.05) is 11.0 Å². The zero-order chi connectivity index (χ0) is 12.9. The number of nitrogens with two attached hydrogens (primary N) is 1. The zero-order valence-electron chi connectivity index (χ0n) is 10.2. The number of rotatable bonds is 7. The number of aliphatic hydroxyl groups excluding tert-OH is 2. The third kappa shape index (κ3) is 3.84. The van der Waals surface area contributed by atoms with E-state index in [1.54, 1.807) is 11.8 Å². The van der Waals surface area contributed by atoms with E-state index < -0.39 is 11.6 Å². The molecule has 1 aliphatic carbocycles. The van der Waals surface area contributed by atoms with Gasteiger partial charge >= 0.3 is 0 Å². The van der Waals surface area contributed by atoms with E-state index in [0.29, 0.717) is 17.4 Å². The van der Waals surface area contributed by atoms with Crippen molar-refractivity contribution in [3.05, 3.63) is 0 Å². The largest absolute Gasteiger partial charge is 0.394 e. The van der Waals surface area contributed by atoms with Crippen LogP contribution in [0.5, 0.6) is 0 Å². The van der Waals surface area contributed by atoms with Crippen molar-refractivity contribution >= 4 is 17.7 Å². The summed E-state index contributed by atoms with van der Waals surface area (Å²) in [6, 6.07) is 0. The third-order valence-electron chi connectivity index (χ3n) is 3.19. The molecule has 0 aromatic carbocycles. The molecule has 0 spiro atoms. The standard InChI is InChI=1S/C11H22N2O3S/c1-2-13-11(10(12)16)4-3-9(5-11)17-7-8(15)6-14/h8-9,13-15H,2-7H2,1H3,(H2,12,16). The molecule has 0 bridgehead atoms. The van der Waals surface area contributed by atoms with Crippen LogP contribution in [0.3, 0.4) is 0 Å². The molecule has 0 radical (unpaired) electrons. The Balaban J connectivity index is 2.46. The Bertz CT molecular complexity index is 265. The number of primary amides is 1. The number of hydrogen-bond acceptors (Lipinski definition) is 5. The lowest BCUT2D eigenvalue weighted by atomic mass is 9.97. The van der Waals surface area contributed by atoms with Crippen LogP contribution < -0.4 is 11.1 Å². The van der Waals surface area contributed by atoms with Crippen LogP contribution in [0.25, 0.3) is 0 Å². The first-order chi connectivity index (χ1) is 8.04. The van der Waals surface area contributed by atoms with E-state index in [9.17, 15) is 9.90 Å². The molecule has 100 valence electrons. The number of carbonyl (C=O) groups excluding carboxylic acids is 1. The SMILES string of the molecule is CCNC1(C(N)=O)CCC(SCC(O)CO)C1. The van der Waals surface area contributed by atoms with E-state index in [1.807, 2.05) is 6.92 Å². The van der Waals surface area contributed by atoms with Gasteiger partial charge in [0.15, 0.2) is 0 Å². The van der Waals surface area contributed by atoms with E-state index in [2.05, 4.69) is 5.32 Å². The highest BCUT2D eigenvalue weighted by molar-refractivity contribution is 7.99. The minimum atomic E-state index is -0.678. The summed E-state index contributed by atoms with van der Waals surface area (Å²) in [6.45, 7) is 2.47. The van der Waals surface area contributed by atoms with Crippen LogP contribution >= 0.6 is 11.8 Å². The predicted octanol–water partition coefficient (Wildman–Crippen LogP) is -0.541. The first-order valence-corrected chi connectivity index (χ1v) is 7.04. The Kier molecular flexibility index (Phi) is 5.72. The van der Waals surface area contributed by atoms with Crippen LogP contribution in [0.4, 0.5) is 0 Å². The topological polar surface area (TPSA) is 95.6 Å². The number of carbonyl (C=O) groups is 1. The van der Waals surface area contributed by atoms with Gasteiger partial charge in [-0.1, -0.05) is 6.92 Å². The highest BCUT2D eigenvalue weighted by Gasteiger charge is 2.43. The maximum absolute atomic E-state index is 11.5. The van der Waals surface area contributed by atoms with Gasteiger partial charge in [-0.2, -0.15) is 11.8 Å². The first kappa shape index (κ1) is 14.8. The monoisotopic (exact) mass is 262 g/mol. The zero-order valence-corrected chi connectivity index (χ0v) is 11.0. The third-order valence-corrected chi connectivity index (χ3v) is 4.64. The molecule has 5 N–H and O–H groups in total. The summed E-state index contributed by atoms with van der Waals surface area (Å²) in [5, 5.41) is 21.5. The molecule has 0 saturated heterocycles. The normalized spacial score (nSPS) is 30.4. The second-order valence-electron chi connectivity index (χ2n) is 4.51. The van der Waals surface area contributed by atoms with Crippen molar-refractivity contribution in [2.24, 2.45) is 5.73 Å². The second kappa shape index (κ2) is 6.58. The molecule has 1 aliphatic rings. The summed E-state index contributed by atoms with van der Waals surface area (Å²) in [4.78, 5) is 11.5. The molecule has 0 aromatic rings. The Morgan fingerprint density at radius 3 is 2.94 bits per heavy atom.